The highest BCUT2D eigenvalue weighted by atomic mass is 19.1. The maximum absolute atomic E-state index is 13.5. The molecule has 0 aromatic heterocycles. The lowest BCUT2D eigenvalue weighted by atomic mass is 9.59. The monoisotopic (exact) mass is 299 g/mol. The van der Waals surface area contributed by atoms with Crippen LogP contribution in [0.4, 0.5) is 10.1 Å². The third-order valence-electron chi connectivity index (χ3n) is 6.54. The molecule has 114 valence electrons. The Labute approximate surface area is 128 Å². The van der Waals surface area contributed by atoms with E-state index in [0.717, 1.165) is 12.8 Å². The van der Waals surface area contributed by atoms with Gasteiger partial charge in [0.1, 0.15) is 5.82 Å². The number of halogens is 1. The van der Waals surface area contributed by atoms with Crippen LogP contribution in [-0.4, -0.2) is 11.8 Å². The van der Waals surface area contributed by atoms with Gasteiger partial charge in [0.2, 0.25) is 11.8 Å². The van der Waals surface area contributed by atoms with E-state index in [2.05, 4.69) is 0 Å². The number of amides is 2. The fourth-order valence-electron chi connectivity index (χ4n) is 5.56. The summed E-state index contributed by atoms with van der Waals surface area (Å²) in [5.74, 6) is 1.58. The van der Waals surface area contributed by atoms with Crippen molar-refractivity contribution in [3.8, 4) is 0 Å². The number of fused-ring (bicyclic) bond motifs is 1. The number of anilines is 1. The summed E-state index contributed by atoms with van der Waals surface area (Å²) in [7, 11) is 0. The molecule has 1 heterocycles. The lowest BCUT2D eigenvalue weighted by Gasteiger charge is -2.42. The van der Waals surface area contributed by atoms with Crippen LogP contribution in [0.15, 0.2) is 18.2 Å². The Balaban J connectivity index is 1.57. The second-order valence-corrected chi connectivity index (χ2v) is 7.47. The topological polar surface area (TPSA) is 37.4 Å². The molecule has 6 atom stereocenters. The standard InChI is InChI=1S/C18H18FNO2/c1-8-6-9(2-5-14(8)19)20-17(21)15-10-3-4-11(13-7-12(10)13)16(15)18(20)22/h2,5-6,10-13,15-16H,3-4,7H2,1H3/t10-,11+,12-,13+,15-,16+. The Hall–Kier alpha value is -1.71. The molecular formula is C18H18FNO2. The number of carbonyl (C=O) groups excluding carboxylic acids is 2. The highest BCUT2D eigenvalue weighted by Crippen LogP contribution is 2.68. The molecule has 3 nitrogen and oxygen atoms in total. The summed E-state index contributed by atoms with van der Waals surface area (Å²) in [6, 6.07) is 4.52. The first kappa shape index (κ1) is 12.8. The van der Waals surface area contributed by atoms with Gasteiger partial charge < -0.3 is 0 Å². The number of hydrogen-bond donors (Lipinski definition) is 0. The summed E-state index contributed by atoms with van der Waals surface area (Å²) >= 11 is 0. The molecule has 1 saturated heterocycles. The maximum Gasteiger partial charge on any atom is 0.237 e. The van der Waals surface area contributed by atoms with Crippen LogP contribution in [-0.2, 0) is 9.59 Å². The smallest absolute Gasteiger partial charge is 0.237 e. The summed E-state index contributed by atoms with van der Waals surface area (Å²) in [6.07, 6.45) is 3.42. The predicted octanol–water partition coefficient (Wildman–Crippen LogP) is 2.92. The summed E-state index contributed by atoms with van der Waals surface area (Å²) in [4.78, 5) is 27.2. The van der Waals surface area contributed by atoms with Gasteiger partial charge in [-0.1, -0.05) is 0 Å². The zero-order valence-electron chi connectivity index (χ0n) is 12.5. The van der Waals surface area contributed by atoms with Crippen LogP contribution in [0.3, 0.4) is 0 Å². The molecule has 1 aliphatic heterocycles. The van der Waals surface area contributed by atoms with Crippen molar-refractivity contribution < 1.29 is 14.0 Å². The first-order valence-electron chi connectivity index (χ1n) is 8.22. The van der Waals surface area contributed by atoms with E-state index >= 15 is 0 Å². The number of imide groups is 1. The minimum absolute atomic E-state index is 0.0407. The Morgan fingerprint density at radius 1 is 1.00 bits per heavy atom. The molecule has 5 fully saturated rings. The van der Waals surface area contributed by atoms with E-state index in [-0.39, 0.29) is 29.5 Å². The van der Waals surface area contributed by atoms with Gasteiger partial charge in [0.15, 0.2) is 0 Å². The van der Waals surface area contributed by atoms with Gasteiger partial charge >= 0.3 is 0 Å². The average molecular weight is 299 g/mol. The molecule has 0 N–H and O–H groups in total. The van der Waals surface area contributed by atoms with Crippen LogP contribution >= 0.6 is 0 Å². The maximum atomic E-state index is 13.5. The summed E-state index contributed by atoms with van der Waals surface area (Å²) in [5.41, 5.74) is 1.01. The molecule has 1 aromatic rings. The van der Waals surface area contributed by atoms with Crippen LogP contribution in [0, 0.1) is 48.2 Å². The number of rotatable bonds is 1. The summed E-state index contributed by atoms with van der Waals surface area (Å²) < 4.78 is 13.5. The van der Waals surface area contributed by atoms with E-state index in [1.807, 2.05) is 0 Å². The first-order chi connectivity index (χ1) is 10.6. The van der Waals surface area contributed by atoms with Gasteiger partial charge in [-0.05, 0) is 73.6 Å². The van der Waals surface area contributed by atoms with Gasteiger partial charge in [-0.2, -0.15) is 0 Å². The number of benzene rings is 1. The van der Waals surface area contributed by atoms with Crippen LogP contribution in [0.1, 0.15) is 24.8 Å². The third-order valence-corrected chi connectivity index (χ3v) is 6.54. The Kier molecular flexibility index (Phi) is 2.31. The summed E-state index contributed by atoms with van der Waals surface area (Å²) in [6.45, 7) is 1.66. The number of aryl methyl sites for hydroxylation is 1. The lowest BCUT2D eigenvalue weighted by molar-refractivity contribution is -0.129. The van der Waals surface area contributed by atoms with Crippen molar-refractivity contribution in [1.82, 2.24) is 0 Å². The predicted molar refractivity (Wildman–Crippen MR) is 78.4 cm³/mol. The van der Waals surface area contributed by atoms with Gasteiger partial charge in [0, 0.05) is 0 Å². The van der Waals surface area contributed by atoms with Gasteiger partial charge in [0.05, 0.1) is 17.5 Å². The molecule has 0 spiro atoms. The molecule has 2 amide bonds. The molecule has 5 aliphatic rings. The minimum atomic E-state index is -0.304. The highest BCUT2D eigenvalue weighted by Gasteiger charge is 2.68. The second-order valence-electron chi connectivity index (χ2n) is 7.47. The molecule has 0 unspecified atom stereocenters. The molecular weight excluding hydrogens is 281 g/mol. The van der Waals surface area contributed by atoms with Crippen LogP contribution in [0.2, 0.25) is 0 Å². The quantitative estimate of drug-likeness (QED) is 0.748. The second kappa shape index (κ2) is 3.98. The number of nitrogens with zero attached hydrogens (tertiary/aromatic N) is 1. The molecule has 1 aromatic carbocycles. The van der Waals surface area contributed by atoms with Crippen LogP contribution in [0.25, 0.3) is 0 Å². The van der Waals surface area contributed by atoms with Crippen LogP contribution in [0.5, 0.6) is 0 Å². The fourth-order valence-corrected chi connectivity index (χ4v) is 5.56. The minimum Gasteiger partial charge on any atom is -0.274 e. The van der Waals surface area contributed by atoms with E-state index < -0.39 is 0 Å². The third kappa shape index (κ3) is 1.41. The largest absolute Gasteiger partial charge is 0.274 e. The van der Waals surface area contributed by atoms with E-state index in [1.54, 1.807) is 19.1 Å². The average Bonchev–Trinajstić information content (AvgIpc) is 3.28. The van der Waals surface area contributed by atoms with Crippen molar-refractivity contribution in [2.45, 2.75) is 26.2 Å². The first-order valence-corrected chi connectivity index (χ1v) is 8.22. The van der Waals surface area contributed by atoms with E-state index in [9.17, 15) is 14.0 Å². The zero-order chi connectivity index (χ0) is 15.2. The molecule has 0 radical (unpaired) electrons. The zero-order valence-corrected chi connectivity index (χ0v) is 12.5. The van der Waals surface area contributed by atoms with Gasteiger partial charge in [-0.3, -0.25) is 14.5 Å². The number of hydrogen-bond acceptors (Lipinski definition) is 2. The molecule has 2 bridgehead atoms. The fraction of sp³-hybridized carbons (Fsp3) is 0.556. The van der Waals surface area contributed by atoms with E-state index in [4.69, 9.17) is 0 Å². The van der Waals surface area contributed by atoms with Crippen LogP contribution < -0.4 is 4.90 Å². The number of carbonyl (C=O) groups is 2. The van der Waals surface area contributed by atoms with Crippen molar-refractivity contribution in [2.75, 3.05) is 4.90 Å². The van der Waals surface area contributed by atoms with Crippen molar-refractivity contribution in [3.05, 3.63) is 29.6 Å². The molecule has 4 heteroatoms. The Morgan fingerprint density at radius 3 is 2.14 bits per heavy atom. The van der Waals surface area contributed by atoms with Crippen molar-refractivity contribution in [2.24, 2.45) is 35.5 Å². The Morgan fingerprint density at radius 2 is 1.59 bits per heavy atom. The summed E-state index contributed by atoms with van der Waals surface area (Å²) in [5, 5.41) is 0. The van der Waals surface area contributed by atoms with Gasteiger partial charge in [-0.25, -0.2) is 4.39 Å². The molecule has 6 rings (SSSR count). The Bertz CT molecular complexity index is 681. The highest BCUT2D eigenvalue weighted by molar-refractivity contribution is 6.22. The SMILES string of the molecule is Cc1cc(N2C(=O)[C@@H]3[C@@H]4CC[C@@H]([C@@H]5C[C@@H]54)[C@@H]3C2=O)ccc1F. The lowest BCUT2D eigenvalue weighted by Crippen LogP contribution is -2.43. The molecule has 22 heavy (non-hydrogen) atoms. The van der Waals surface area contributed by atoms with Crippen molar-refractivity contribution in [1.29, 1.82) is 0 Å². The van der Waals surface area contributed by atoms with Crippen molar-refractivity contribution >= 4 is 17.5 Å². The van der Waals surface area contributed by atoms with E-state index in [1.165, 1.54) is 17.4 Å². The molecule has 4 saturated carbocycles. The van der Waals surface area contributed by atoms with Gasteiger partial charge in [0.25, 0.3) is 0 Å². The molecule has 4 aliphatic carbocycles. The normalized spacial score (nSPS) is 41.6. The van der Waals surface area contributed by atoms with Gasteiger partial charge in [-0.15, -0.1) is 0 Å². The van der Waals surface area contributed by atoms with Crippen molar-refractivity contribution in [3.63, 3.8) is 0 Å². The van der Waals surface area contributed by atoms with E-state index in [0.29, 0.717) is 34.9 Å².